The van der Waals surface area contributed by atoms with Crippen molar-refractivity contribution < 1.29 is 38.5 Å². The Bertz CT molecular complexity index is 976. The van der Waals surface area contributed by atoms with Gasteiger partial charge >= 0.3 is 23.9 Å². The van der Waals surface area contributed by atoms with Crippen LogP contribution < -0.4 is 0 Å². The van der Waals surface area contributed by atoms with Crippen molar-refractivity contribution in [3.8, 4) is 0 Å². The van der Waals surface area contributed by atoms with Crippen molar-refractivity contribution in [2.24, 2.45) is 11.3 Å². The highest BCUT2D eigenvalue weighted by Gasteiger charge is 2.74. The molecule has 2 bridgehead atoms. The van der Waals surface area contributed by atoms with Gasteiger partial charge in [-0.2, -0.15) is 0 Å². The quantitative estimate of drug-likeness (QED) is 0.167. The predicted molar refractivity (Wildman–Crippen MR) is 127 cm³/mol. The van der Waals surface area contributed by atoms with E-state index in [9.17, 15) is 19.2 Å². The molecule has 0 radical (unpaired) electrons. The van der Waals surface area contributed by atoms with Crippen LogP contribution in [0.1, 0.15) is 78.6 Å². The van der Waals surface area contributed by atoms with E-state index in [4.69, 9.17) is 19.3 Å². The van der Waals surface area contributed by atoms with Crippen molar-refractivity contribution >= 4 is 23.9 Å². The average Bonchev–Trinajstić information content (AvgIpc) is 2.96. The molecule has 8 heteroatoms. The molecule has 2 fully saturated rings. The largest absolute Gasteiger partial charge is 0.478 e. The molecular formula is C27H36O8. The summed E-state index contributed by atoms with van der Waals surface area (Å²) in [5.74, 6) is -2.64. The lowest BCUT2D eigenvalue weighted by Crippen LogP contribution is -2.65. The minimum Gasteiger partial charge on any atom is -0.478 e. The molecule has 8 nitrogen and oxygen atoms in total. The van der Waals surface area contributed by atoms with Crippen LogP contribution >= 0.6 is 0 Å². The summed E-state index contributed by atoms with van der Waals surface area (Å²) in [6, 6.07) is 0. The standard InChI is InChI=1S/C27H36O8/c1-5-6-7-10-21(28)34-27-17-12-19(23(31)33-4)11-15-26(27)16-13-20(27)25(3,35-24(26)32)14-8-9-18(2)22(29)30/h8-9,11,14,20H,5-7,10,12-13,15-17H2,1-4H3,(H,29,30)/b14-8+,18-9+/t20-,25+,26+,27-/m0/s1. The summed E-state index contributed by atoms with van der Waals surface area (Å²) in [7, 11) is 1.32. The molecule has 3 rings (SSSR count). The lowest BCUT2D eigenvalue weighted by atomic mass is 9.62. The summed E-state index contributed by atoms with van der Waals surface area (Å²) in [5.41, 5.74) is -2.71. The van der Waals surface area contributed by atoms with Crippen molar-refractivity contribution in [3.05, 3.63) is 35.5 Å². The van der Waals surface area contributed by atoms with Gasteiger partial charge in [0.15, 0.2) is 0 Å². The number of ether oxygens (including phenoxy) is 3. The Balaban J connectivity index is 2.04. The fourth-order valence-corrected chi connectivity index (χ4v) is 5.97. The lowest BCUT2D eigenvalue weighted by Gasteiger charge is -2.54. The number of aliphatic carboxylic acids is 1. The third-order valence-electron chi connectivity index (χ3n) is 7.93. The third-order valence-corrected chi connectivity index (χ3v) is 7.93. The molecule has 1 heterocycles. The van der Waals surface area contributed by atoms with Gasteiger partial charge in [-0.3, -0.25) is 9.59 Å². The first kappa shape index (κ1) is 26.7. The Hall–Kier alpha value is -2.90. The second-order valence-corrected chi connectivity index (χ2v) is 10.0. The van der Waals surface area contributed by atoms with E-state index in [1.807, 2.05) is 0 Å². The zero-order valence-corrected chi connectivity index (χ0v) is 21.1. The van der Waals surface area contributed by atoms with E-state index in [1.165, 1.54) is 20.1 Å². The number of esters is 3. The van der Waals surface area contributed by atoms with Gasteiger partial charge in [-0.05, 0) is 58.4 Å². The van der Waals surface area contributed by atoms with Gasteiger partial charge in [0.2, 0.25) is 0 Å². The van der Waals surface area contributed by atoms with E-state index in [1.54, 1.807) is 25.2 Å². The Morgan fingerprint density at radius 3 is 2.66 bits per heavy atom. The van der Waals surface area contributed by atoms with E-state index in [0.717, 1.165) is 12.8 Å². The number of carbonyl (C=O) groups excluding carboxylic acids is 3. The van der Waals surface area contributed by atoms with E-state index < -0.39 is 34.5 Å². The number of rotatable bonds is 9. The molecule has 1 aliphatic heterocycles. The molecule has 0 aromatic carbocycles. The smallest absolute Gasteiger partial charge is 0.333 e. The van der Waals surface area contributed by atoms with Crippen LogP contribution in [0.15, 0.2) is 35.5 Å². The van der Waals surface area contributed by atoms with Crippen LogP contribution in [0.2, 0.25) is 0 Å². The highest BCUT2D eigenvalue weighted by atomic mass is 16.6. The minimum absolute atomic E-state index is 0.145. The van der Waals surface area contributed by atoms with Gasteiger partial charge < -0.3 is 19.3 Å². The van der Waals surface area contributed by atoms with Crippen molar-refractivity contribution in [1.82, 2.24) is 0 Å². The maximum atomic E-state index is 13.7. The second-order valence-electron chi connectivity index (χ2n) is 10.0. The first-order chi connectivity index (χ1) is 16.5. The first-order valence-corrected chi connectivity index (χ1v) is 12.4. The maximum Gasteiger partial charge on any atom is 0.333 e. The number of unbranched alkanes of at least 4 members (excludes halogenated alkanes) is 2. The van der Waals surface area contributed by atoms with Gasteiger partial charge in [0.05, 0.1) is 7.11 Å². The minimum atomic E-state index is -1.14. The summed E-state index contributed by atoms with van der Waals surface area (Å²) in [6.07, 6.45) is 11.2. The molecule has 4 atom stereocenters. The van der Waals surface area contributed by atoms with Crippen molar-refractivity contribution in [2.45, 2.75) is 89.8 Å². The monoisotopic (exact) mass is 488 g/mol. The number of hydrogen-bond donors (Lipinski definition) is 1. The molecule has 1 saturated heterocycles. The summed E-state index contributed by atoms with van der Waals surface area (Å²) < 4.78 is 17.2. The molecule has 35 heavy (non-hydrogen) atoms. The van der Waals surface area contributed by atoms with Crippen LogP contribution in [0.25, 0.3) is 0 Å². The van der Waals surface area contributed by atoms with Crippen LogP contribution in [0, 0.1) is 11.3 Å². The van der Waals surface area contributed by atoms with Crippen LogP contribution in [-0.2, 0) is 33.4 Å². The van der Waals surface area contributed by atoms with E-state index in [-0.39, 0.29) is 30.3 Å². The highest BCUT2D eigenvalue weighted by molar-refractivity contribution is 5.90. The van der Waals surface area contributed by atoms with Crippen LogP contribution in [-0.4, -0.2) is 47.3 Å². The van der Waals surface area contributed by atoms with Gasteiger partial charge in [0.1, 0.15) is 16.6 Å². The second kappa shape index (κ2) is 10.4. The highest BCUT2D eigenvalue weighted by Crippen LogP contribution is 2.65. The number of hydrogen-bond acceptors (Lipinski definition) is 7. The SMILES string of the molecule is CCCCCC(=O)O[C@]12CCC(C(=O)OC)=CC[C@]13CC[C@H]2[C@@](C)(/C=C/C=C(\C)C(=O)O)OC3=O. The molecular weight excluding hydrogens is 452 g/mol. The van der Waals surface area contributed by atoms with Gasteiger partial charge in [-0.15, -0.1) is 0 Å². The van der Waals surface area contributed by atoms with Crippen LogP contribution in [0.3, 0.4) is 0 Å². The van der Waals surface area contributed by atoms with E-state index in [0.29, 0.717) is 37.7 Å². The average molecular weight is 489 g/mol. The van der Waals surface area contributed by atoms with Crippen molar-refractivity contribution in [2.75, 3.05) is 7.11 Å². The molecule has 192 valence electrons. The van der Waals surface area contributed by atoms with Gasteiger partial charge in [0, 0.05) is 23.5 Å². The summed E-state index contributed by atoms with van der Waals surface area (Å²) >= 11 is 0. The lowest BCUT2D eigenvalue weighted by molar-refractivity contribution is -0.236. The van der Waals surface area contributed by atoms with Gasteiger partial charge in [-0.1, -0.05) is 38.0 Å². The molecule has 0 unspecified atom stereocenters. The fourth-order valence-electron chi connectivity index (χ4n) is 5.97. The topological polar surface area (TPSA) is 116 Å². The predicted octanol–water partition coefficient (Wildman–Crippen LogP) is 4.43. The van der Waals surface area contributed by atoms with Crippen molar-refractivity contribution in [1.29, 1.82) is 0 Å². The zero-order chi connectivity index (χ0) is 25.9. The Kier molecular flexibility index (Phi) is 7.92. The number of carboxylic acid groups (broad SMARTS) is 1. The first-order valence-electron chi connectivity index (χ1n) is 12.4. The molecule has 0 amide bonds. The molecule has 2 aliphatic carbocycles. The summed E-state index contributed by atoms with van der Waals surface area (Å²) in [5, 5.41) is 9.15. The Labute approximate surface area is 206 Å². The van der Waals surface area contributed by atoms with Crippen LogP contribution in [0.4, 0.5) is 0 Å². The van der Waals surface area contributed by atoms with E-state index in [2.05, 4.69) is 6.92 Å². The fraction of sp³-hybridized carbons (Fsp3) is 0.630. The number of allylic oxidation sites excluding steroid dienone is 3. The molecule has 0 spiro atoms. The third kappa shape index (κ3) is 4.80. The number of methoxy groups -OCH3 is 1. The zero-order valence-electron chi connectivity index (χ0n) is 21.1. The van der Waals surface area contributed by atoms with Gasteiger partial charge in [-0.25, -0.2) is 9.59 Å². The number of carboxylic acids is 1. The van der Waals surface area contributed by atoms with Gasteiger partial charge in [0.25, 0.3) is 0 Å². The summed E-state index contributed by atoms with van der Waals surface area (Å²) in [6.45, 7) is 5.31. The van der Waals surface area contributed by atoms with E-state index >= 15 is 0 Å². The number of carbonyl (C=O) groups is 4. The van der Waals surface area contributed by atoms with Crippen LogP contribution in [0.5, 0.6) is 0 Å². The Morgan fingerprint density at radius 2 is 2.00 bits per heavy atom. The number of cyclic esters (lactones) is 1. The summed E-state index contributed by atoms with van der Waals surface area (Å²) in [4.78, 5) is 50.2. The molecule has 3 aliphatic rings. The van der Waals surface area contributed by atoms with Crippen molar-refractivity contribution in [3.63, 3.8) is 0 Å². The molecule has 0 aromatic rings. The maximum absolute atomic E-state index is 13.7. The molecule has 1 saturated carbocycles. The molecule has 1 N–H and O–H groups in total. The molecule has 0 aromatic heterocycles. The normalized spacial score (nSPS) is 32.3. The Morgan fingerprint density at radius 1 is 1.26 bits per heavy atom.